The molecule has 4 nitrogen and oxygen atoms in total. The van der Waals surface area contributed by atoms with E-state index in [0.29, 0.717) is 13.2 Å². The van der Waals surface area contributed by atoms with Crippen molar-refractivity contribution >= 4 is 0 Å². The van der Waals surface area contributed by atoms with Crippen LogP contribution in [0.2, 0.25) is 0 Å². The highest BCUT2D eigenvalue weighted by atomic mass is 16.6. The summed E-state index contributed by atoms with van der Waals surface area (Å²) < 4.78 is 11.1. The van der Waals surface area contributed by atoms with Crippen molar-refractivity contribution in [2.45, 2.75) is 6.54 Å². The molecular weight excluding hydrogens is 216 g/mol. The second-order valence-electron chi connectivity index (χ2n) is 4.63. The molecule has 1 aromatic carbocycles. The van der Waals surface area contributed by atoms with Crippen molar-refractivity contribution in [3.05, 3.63) is 23.8 Å². The second-order valence-corrected chi connectivity index (χ2v) is 4.63. The molecule has 92 valence electrons. The summed E-state index contributed by atoms with van der Waals surface area (Å²) in [7, 11) is 0. The average molecular weight is 234 g/mol. The van der Waals surface area contributed by atoms with Gasteiger partial charge in [0.2, 0.25) is 0 Å². The van der Waals surface area contributed by atoms with E-state index in [1.54, 1.807) is 0 Å². The molecule has 0 aromatic heterocycles. The minimum absolute atomic E-state index is 0.650. The molecule has 1 aromatic rings. The van der Waals surface area contributed by atoms with E-state index in [0.717, 1.165) is 43.6 Å². The molecule has 0 saturated carbocycles. The van der Waals surface area contributed by atoms with Crippen LogP contribution < -0.4 is 20.1 Å². The van der Waals surface area contributed by atoms with E-state index in [9.17, 15) is 0 Å². The highest BCUT2D eigenvalue weighted by Crippen LogP contribution is 2.30. The Labute approximate surface area is 101 Å². The topological polar surface area (TPSA) is 42.5 Å². The molecule has 1 saturated heterocycles. The summed E-state index contributed by atoms with van der Waals surface area (Å²) in [6, 6.07) is 6.16. The molecule has 4 heteroatoms. The van der Waals surface area contributed by atoms with Gasteiger partial charge in [-0.05, 0) is 23.6 Å². The smallest absolute Gasteiger partial charge is 0.161 e. The largest absolute Gasteiger partial charge is 0.486 e. The summed E-state index contributed by atoms with van der Waals surface area (Å²) in [4.78, 5) is 0. The van der Waals surface area contributed by atoms with Crippen molar-refractivity contribution in [1.29, 1.82) is 0 Å². The molecule has 2 aliphatic rings. The van der Waals surface area contributed by atoms with E-state index in [1.807, 2.05) is 6.07 Å². The summed E-state index contributed by atoms with van der Waals surface area (Å²) in [5, 5.41) is 6.75. The van der Waals surface area contributed by atoms with Gasteiger partial charge >= 0.3 is 0 Å². The zero-order chi connectivity index (χ0) is 11.5. The van der Waals surface area contributed by atoms with E-state index in [4.69, 9.17) is 9.47 Å². The van der Waals surface area contributed by atoms with Crippen LogP contribution >= 0.6 is 0 Å². The molecular formula is C13H18N2O2. The molecule has 0 aliphatic carbocycles. The normalized spacial score (nSPS) is 18.8. The Morgan fingerprint density at radius 3 is 2.76 bits per heavy atom. The van der Waals surface area contributed by atoms with Crippen molar-refractivity contribution in [1.82, 2.24) is 10.6 Å². The molecule has 2 N–H and O–H groups in total. The average Bonchev–Trinajstić information content (AvgIpc) is 2.32. The van der Waals surface area contributed by atoms with Crippen LogP contribution in [0.15, 0.2) is 18.2 Å². The summed E-state index contributed by atoms with van der Waals surface area (Å²) in [5.41, 5.74) is 1.25. The molecule has 0 atom stereocenters. The Bertz CT molecular complexity index is 391. The first kappa shape index (κ1) is 10.9. The molecule has 3 rings (SSSR count). The van der Waals surface area contributed by atoms with Gasteiger partial charge in [-0.15, -0.1) is 0 Å². The summed E-state index contributed by atoms with van der Waals surface area (Å²) in [5.74, 6) is 2.54. The predicted molar refractivity (Wildman–Crippen MR) is 65.5 cm³/mol. The number of nitrogens with one attached hydrogen (secondary N) is 2. The highest BCUT2D eigenvalue weighted by molar-refractivity contribution is 5.43. The quantitative estimate of drug-likeness (QED) is 0.807. The maximum Gasteiger partial charge on any atom is 0.161 e. The van der Waals surface area contributed by atoms with Crippen molar-refractivity contribution < 1.29 is 9.47 Å². The Morgan fingerprint density at radius 2 is 2.00 bits per heavy atom. The summed E-state index contributed by atoms with van der Waals surface area (Å²) in [6.07, 6.45) is 0. The Balaban J connectivity index is 1.55. The Hall–Kier alpha value is -1.26. The van der Waals surface area contributed by atoms with Crippen LogP contribution in [0.4, 0.5) is 0 Å². The molecule has 2 aliphatic heterocycles. The third-order valence-corrected chi connectivity index (χ3v) is 3.23. The van der Waals surface area contributed by atoms with Crippen LogP contribution in [0.5, 0.6) is 11.5 Å². The maximum absolute atomic E-state index is 5.56. The van der Waals surface area contributed by atoms with Gasteiger partial charge in [-0.25, -0.2) is 0 Å². The number of hydrogen-bond donors (Lipinski definition) is 2. The van der Waals surface area contributed by atoms with Gasteiger partial charge in [0.05, 0.1) is 0 Å². The van der Waals surface area contributed by atoms with Crippen molar-refractivity contribution in [3.63, 3.8) is 0 Å². The number of hydrogen-bond acceptors (Lipinski definition) is 4. The highest BCUT2D eigenvalue weighted by Gasteiger charge is 2.16. The molecule has 0 spiro atoms. The fourth-order valence-corrected chi connectivity index (χ4v) is 2.11. The van der Waals surface area contributed by atoms with Crippen LogP contribution in [0.1, 0.15) is 5.56 Å². The van der Waals surface area contributed by atoms with E-state index < -0.39 is 0 Å². The van der Waals surface area contributed by atoms with Crippen molar-refractivity contribution in [3.8, 4) is 11.5 Å². The lowest BCUT2D eigenvalue weighted by Crippen LogP contribution is -2.47. The monoisotopic (exact) mass is 234 g/mol. The fraction of sp³-hybridized carbons (Fsp3) is 0.538. The van der Waals surface area contributed by atoms with E-state index in [1.165, 1.54) is 5.56 Å². The second kappa shape index (κ2) is 4.94. The molecule has 0 amide bonds. The molecule has 0 unspecified atom stereocenters. The zero-order valence-corrected chi connectivity index (χ0v) is 9.87. The van der Waals surface area contributed by atoms with E-state index in [-0.39, 0.29) is 0 Å². The zero-order valence-electron chi connectivity index (χ0n) is 9.87. The number of ether oxygens (including phenoxy) is 2. The molecule has 2 heterocycles. The Kier molecular flexibility index (Phi) is 3.16. The molecule has 1 fully saturated rings. The predicted octanol–water partition coefficient (Wildman–Crippen LogP) is 0.767. The third kappa shape index (κ3) is 2.53. The van der Waals surface area contributed by atoms with Crippen LogP contribution in [-0.2, 0) is 6.54 Å². The first-order chi connectivity index (χ1) is 8.42. The summed E-state index contributed by atoms with van der Waals surface area (Å²) in [6.45, 7) is 5.58. The molecule has 0 bridgehead atoms. The van der Waals surface area contributed by atoms with Gasteiger partial charge in [0.1, 0.15) is 13.2 Å². The van der Waals surface area contributed by atoms with Crippen LogP contribution in [0, 0.1) is 5.92 Å². The summed E-state index contributed by atoms with van der Waals surface area (Å²) >= 11 is 0. The van der Waals surface area contributed by atoms with Gasteiger partial charge < -0.3 is 20.1 Å². The number of benzene rings is 1. The lowest BCUT2D eigenvalue weighted by atomic mass is 10.0. The molecule has 0 radical (unpaired) electrons. The van der Waals surface area contributed by atoms with Gasteiger partial charge in [0.25, 0.3) is 0 Å². The lowest BCUT2D eigenvalue weighted by Gasteiger charge is -2.27. The Morgan fingerprint density at radius 1 is 1.18 bits per heavy atom. The van der Waals surface area contributed by atoms with Crippen molar-refractivity contribution in [2.75, 3.05) is 32.8 Å². The van der Waals surface area contributed by atoms with Crippen molar-refractivity contribution in [2.24, 2.45) is 5.92 Å². The fourth-order valence-electron chi connectivity index (χ4n) is 2.11. The van der Waals surface area contributed by atoms with Crippen LogP contribution in [-0.4, -0.2) is 32.8 Å². The third-order valence-electron chi connectivity index (χ3n) is 3.23. The minimum atomic E-state index is 0.650. The first-order valence-electron chi connectivity index (χ1n) is 6.22. The minimum Gasteiger partial charge on any atom is -0.486 e. The number of rotatable bonds is 4. The SMILES string of the molecule is c1cc2c(cc1CNCC1CNC1)OCCO2. The van der Waals surface area contributed by atoms with E-state index in [2.05, 4.69) is 22.8 Å². The first-order valence-corrected chi connectivity index (χ1v) is 6.22. The van der Waals surface area contributed by atoms with Gasteiger partial charge in [-0.3, -0.25) is 0 Å². The maximum atomic E-state index is 5.56. The van der Waals surface area contributed by atoms with Gasteiger partial charge in [0.15, 0.2) is 11.5 Å². The van der Waals surface area contributed by atoms with Crippen LogP contribution in [0.3, 0.4) is 0 Å². The van der Waals surface area contributed by atoms with Gasteiger partial charge in [-0.1, -0.05) is 6.07 Å². The standard InChI is InChI=1S/C13H18N2O2/c1-2-12-13(17-4-3-16-12)5-10(1)6-14-7-11-8-15-9-11/h1-2,5,11,14-15H,3-4,6-9H2. The van der Waals surface area contributed by atoms with Crippen LogP contribution in [0.25, 0.3) is 0 Å². The number of fused-ring (bicyclic) bond motifs is 1. The molecule has 17 heavy (non-hydrogen) atoms. The van der Waals surface area contributed by atoms with Gasteiger partial charge in [-0.2, -0.15) is 0 Å². The van der Waals surface area contributed by atoms with Gasteiger partial charge in [0, 0.05) is 26.2 Å². The van der Waals surface area contributed by atoms with E-state index >= 15 is 0 Å². The lowest BCUT2D eigenvalue weighted by molar-refractivity contribution is 0.171.